The average Bonchev–Trinajstić information content (AvgIpc) is 2.41. The lowest BCUT2D eigenvalue weighted by Crippen LogP contribution is -2.24. The Morgan fingerprint density at radius 1 is 1.35 bits per heavy atom. The van der Waals surface area contributed by atoms with Crippen LogP contribution in [0.1, 0.15) is 36.9 Å². The number of halogens is 3. The summed E-state index contributed by atoms with van der Waals surface area (Å²) in [6, 6.07) is 5.99. The molecule has 5 heteroatoms. The van der Waals surface area contributed by atoms with E-state index in [-0.39, 0.29) is 6.04 Å². The quantitative estimate of drug-likeness (QED) is 0.684. The van der Waals surface area contributed by atoms with Crippen LogP contribution in [0.4, 0.5) is 8.78 Å². The first-order valence-electron chi connectivity index (χ1n) is 6.90. The number of rotatable bonds is 9. The fraction of sp³-hybridized carbons (Fsp3) is 0.600. The van der Waals surface area contributed by atoms with Gasteiger partial charge in [-0.05, 0) is 43.5 Å². The van der Waals surface area contributed by atoms with Gasteiger partial charge < -0.3 is 10.1 Å². The van der Waals surface area contributed by atoms with Gasteiger partial charge in [0.25, 0.3) is 6.43 Å². The zero-order valence-corrected chi connectivity index (χ0v) is 12.7. The number of aryl methyl sites for hydroxylation is 1. The minimum atomic E-state index is -2.41. The third-order valence-corrected chi connectivity index (χ3v) is 3.44. The van der Waals surface area contributed by atoms with Crippen LogP contribution in [0.25, 0.3) is 0 Å². The molecule has 0 saturated heterocycles. The molecule has 2 nitrogen and oxygen atoms in total. The van der Waals surface area contributed by atoms with Crippen molar-refractivity contribution in [3.8, 4) is 0 Å². The number of hydrogen-bond acceptors (Lipinski definition) is 2. The van der Waals surface area contributed by atoms with Crippen molar-refractivity contribution >= 4 is 11.6 Å². The summed E-state index contributed by atoms with van der Waals surface area (Å²) in [6.45, 7) is 4.70. The Labute approximate surface area is 124 Å². The van der Waals surface area contributed by atoms with E-state index >= 15 is 0 Å². The highest BCUT2D eigenvalue weighted by atomic mass is 35.5. The van der Waals surface area contributed by atoms with Gasteiger partial charge in [-0.3, -0.25) is 0 Å². The largest absolute Gasteiger partial charge is 0.375 e. The van der Waals surface area contributed by atoms with Crippen LogP contribution in [-0.2, 0) is 4.74 Å². The van der Waals surface area contributed by atoms with E-state index in [1.54, 1.807) is 0 Å². The Morgan fingerprint density at radius 2 is 2.10 bits per heavy atom. The van der Waals surface area contributed by atoms with E-state index in [9.17, 15) is 8.78 Å². The summed E-state index contributed by atoms with van der Waals surface area (Å²) in [5.41, 5.74) is 2.09. The fourth-order valence-corrected chi connectivity index (χ4v) is 2.09. The second-order valence-electron chi connectivity index (χ2n) is 4.77. The van der Waals surface area contributed by atoms with Crippen molar-refractivity contribution in [2.24, 2.45) is 0 Å². The van der Waals surface area contributed by atoms with Crippen molar-refractivity contribution in [3.05, 3.63) is 34.3 Å². The number of nitrogens with one attached hydrogen (secondary N) is 1. The van der Waals surface area contributed by atoms with Crippen molar-refractivity contribution in [1.29, 1.82) is 0 Å². The van der Waals surface area contributed by atoms with Crippen LogP contribution in [0.5, 0.6) is 0 Å². The summed E-state index contributed by atoms with van der Waals surface area (Å²) >= 11 is 6.14. The van der Waals surface area contributed by atoms with Gasteiger partial charge in [0.15, 0.2) is 0 Å². The third-order valence-electron chi connectivity index (χ3n) is 3.03. The van der Waals surface area contributed by atoms with E-state index in [1.807, 2.05) is 25.1 Å². The number of benzene rings is 1. The molecular weight excluding hydrogens is 284 g/mol. The predicted molar refractivity (Wildman–Crippen MR) is 78.7 cm³/mol. The van der Waals surface area contributed by atoms with Crippen LogP contribution < -0.4 is 5.32 Å². The highest BCUT2D eigenvalue weighted by molar-refractivity contribution is 6.31. The van der Waals surface area contributed by atoms with Gasteiger partial charge in [0.1, 0.15) is 6.61 Å². The second kappa shape index (κ2) is 9.27. The van der Waals surface area contributed by atoms with E-state index in [4.69, 9.17) is 16.3 Å². The average molecular weight is 306 g/mol. The molecule has 0 aliphatic rings. The van der Waals surface area contributed by atoms with Gasteiger partial charge >= 0.3 is 0 Å². The summed E-state index contributed by atoms with van der Waals surface area (Å²) in [5, 5.41) is 4.12. The van der Waals surface area contributed by atoms with E-state index < -0.39 is 13.0 Å². The summed E-state index contributed by atoms with van der Waals surface area (Å²) in [7, 11) is 0. The molecule has 0 heterocycles. The molecule has 1 aromatic carbocycles. The number of hydrogen-bond donors (Lipinski definition) is 1. The molecule has 0 aliphatic carbocycles. The van der Waals surface area contributed by atoms with Crippen LogP contribution in [0.15, 0.2) is 18.2 Å². The minimum absolute atomic E-state index is 0.0747. The zero-order valence-electron chi connectivity index (χ0n) is 12.0. The van der Waals surface area contributed by atoms with Crippen molar-refractivity contribution in [2.75, 3.05) is 19.8 Å². The molecule has 0 fully saturated rings. The van der Waals surface area contributed by atoms with E-state index in [1.165, 1.54) is 0 Å². The number of ether oxygens (including phenoxy) is 1. The first-order chi connectivity index (χ1) is 9.54. The molecule has 0 aliphatic heterocycles. The van der Waals surface area contributed by atoms with Gasteiger partial charge in [-0.1, -0.05) is 30.7 Å². The van der Waals surface area contributed by atoms with Crippen molar-refractivity contribution in [2.45, 2.75) is 39.2 Å². The van der Waals surface area contributed by atoms with Crippen LogP contribution >= 0.6 is 11.6 Å². The molecule has 114 valence electrons. The van der Waals surface area contributed by atoms with Crippen LogP contribution in [0.3, 0.4) is 0 Å². The Balaban J connectivity index is 2.60. The Hall–Kier alpha value is -0.710. The standard InChI is InChI=1S/C15H22ClF2NO/c1-3-7-19-14(6-8-20-10-15(17)18)12-5-4-11(2)13(16)9-12/h4-5,9,14-15,19H,3,6-8,10H2,1-2H3. The molecule has 0 aromatic heterocycles. The maximum atomic E-state index is 12.0. The van der Waals surface area contributed by atoms with Gasteiger partial charge in [-0.15, -0.1) is 0 Å². The first-order valence-corrected chi connectivity index (χ1v) is 7.27. The molecule has 1 atom stereocenters. The molecule has 1 aromatic rings. The molecule has 0 bridgehead atoms. The lowest BCUT2D eigenvalue weighted by molar-refractivity contribution is 0.0143. The first kappa shape index (κ1) is 17.3. The zero-order chi connectivity index (χ0) is 15.0. The second-order valence-corrected chi connectivity index (χ2v) is 5.18. The van der Waals surface area contributed by atoms with E-state index in [0.29, 0.717) is 13.0 Å². The highest BCUT2D eigenvalue weighted by Crippen LogP contribution is 2.23. The Bertz CT molecular complexity index is 401. The third kappa shape index (κ3) is 6.16. The van der Waals surface area contributed by atoms with Crippen LogP contribution in [-0.4, -0.2) is 26.2 Å². The lowest BCUT2D eigenvalue weighted by atomic mass is 10.0. The smallest absolute Gasteiger partial charge is 0.261 e. The van der Waals surface area contributed by atoms with Crippen molar-refractivity contribution in [3.63, 3.8) is 0 Å². The monoisotopic (exact) mass is 305 g/mol. The molecule has 1 unspecified atom stereocenters. The Morgan fingerprint density at radius 3 is 2.70 bits per heavy atom. The maximum absolute atomic E-state index is 12.0. The molecule has 0 saturated carbocycles. The Kier molecular flexibility index (Phi) is 8.04. The van der Waals surface area contributed by atoms with Gasteiger partial charge in [-0.2, -0.15) is 0 Å². The summed E-state index contributed by atoms with van der Waals surface area (Å²) in [5.74, 6) is 0. The maximum Gasteiger partial charge on any atom is 0.261 e. The lowest BCUT2D eigenvalue weighted by Gasteiger charge is -2.19. The van der Waals surface area contributed by atoms with Gasteiger partial charge in [0.05, 0.1) is 0 Å². The SMILES string of the molecule is CCCNC(CCOCC(F)F)c1ccc(C)c(Cl)c1. The van der Waals surface area contributed by atoms with Gasteiger partial charge in [-0.25, -0.2) is 8.78 Å². The summed E-state index contributed by atoms with van der Waals surface area (Å²) in [6.07, 6.45) is -0.758. The number of alkyl halides is 2. The van der Waals surface area contributed by atoms with Crippen molar-refractivity contribution in [1.82, 2.24) is 5.32 Å². The normalized spacial score (nSPS) is 12.9. The molecule has 0 radical (unpaired) electrons. The van der Waals surface area contributed by atoms with E-state index in [2.05, 4.69) is 12.2 Å². The van der Waals surface area contributed by atoms with Crippen LogP contribution in [0.2, 0.25) is 5.02 Å². The molecule has 0 amide bonds. The van der Waals surface area contributed by atoms with Gasteiger partial charge in [0.2, 0.25) is 0 Å². The topological polar surface area (TPSA) is 21.3 Å². The highest BCUT2D eigenvalue weighted by Gasteiger charge is 2.12. The summed E-state index contributed by atoms with van der Waals surface area (Å²) < 4.78 is 29.0. The molecular formula is C15H22ClF2NO. The molecule has 20 heavy (non-hydrogen) atoms. The van der Waals surface area contributed by atoms with Crippen molar-refractivity contribution < 1.29 is 13.5 Å². The summed E-state index contributed by atoms with van der Waals surface area (Å²) in [4.78, 5) is 0. The van der Waals surface area contributed by atoms with Gasteiger partial charge in [0, 0.05) is 17.7 Å². The predicted octanol–water partition coefficient (Wildman–Crippen LogP) is 4.36. The minimum Gasteiger partial charge on any atom is -0.375 e. The molecule has 1 N–H and O–H groups in total. The van der Waals surface area contributed by atoms with Crippen LogP contribution in [0, 0.1) is 6.92 Å². The van der Waals surface area contributed by atoms with E-state index in [0.717, 1.165) is 29.1 Å². The fourth-order valence-electron chi connectivity index (χ4n) is 1.90. The molecule has 1 rings (SSSR count). The molecule has 0 spiro atoms.